The van der Waals surface area contributed by atoms with Crippen molar-refractivity contribution >= 4 is 5.82 Å². The molecular weight excluding hydrogens is 262 g/mol. The summed E-state index contributed by atoms with van der Waals surface area (Å²) in [6, 6.07) is 12.6. The first-order valence-corrected chi connectivity index (χ1v) is 7.39. The van der Waals surface area contributed by atoms with Gasteiger partial charge in [-0.25, -0.2) is 9.97 Å². The zero-order valence-corrected chi connectivity index (χ0v) is 12.6. The van der Waals surface area contributed by atoms with Crippen molar-refractivity contribution in [1.29, 1.82) is 0 Å². The smallest absolute Gasteiger partial charge is 0.141 e. The van der Waals surface area contributed by atoms with Gasteiger partial charge in [-0.3, -0.25) is 0 Å². The lowest BCUT2D eigenvalue weighted by atomic mass is 9.64. The number of aromatic nitrogens is 2. The fourth-order valence-corrected chi connectivity index (χ4v) is 2.99. The Kier molecular flexibility index (Phi) is 3.88. The van der Waals surface area contributed by atoms with Gasteiger partial charge in [0.2, 0.25) is 0 Å². The molecule has 1 saturated carbocycles. The van der Waals surface area contributed by atoms with Crippen molar-refractivity contribution in [2.24, 2.45) is 0 Å². The van der Waals surface area contributed by atoms with E-state index in [1.54, 1.807) is 7.11 Å². The van der Waals surface area contributed by atoms with Gasteiger partial charge in [-0.05, 0) is 18.4 Å². The summed E-state index contributed by atoms with van der Waals surface area (Å²) in [7, 11) is 3.58. The molecule has 1 aromatic carbocycles. The molecule has 4 heteroatoms. The molecular formula is C17H21N3O. The van der Waals surface area contributed by atoms with Crippen LogP contribution in [-0.4, -0.2) is 24.1 Å². The molecule has 0 amide bonds. The van der Waals surface area contributed by atoms with Crippen LogP contribution < -0.4 is 5.32 Å². The molecule has 0 unspecified atom stereocenters. The molecule has 1 heterocycles. The summed E-state index contributed by atoms with van der Waals surface area (Å²) in [6.07, 6.45) is 3.44. The van der Waals surface area contributed by atoms with E-state index in [4.69, 9.17) is 14.7 Å². The van der Waals surface area contributed by atoms with E-state index in [9.17, 15) is 0 Å². The molecule has 0 saturated heterocycles. The number of hydrogen-bond acceptors (Lipinski definition) is 4. The lowest BCUT2D eigenvalue weighted by Crippen LogP contribution is -2.37. The molecule has 1 aliphatic carbocycles. The van der Waals surface area contributed by atoms with E-state index in [-0.39, 0.29) is 5.41 Å². The third-order valence-corrected chi connectivity index (χ3v) is 4.29. The van der Waals surface area contributed by atoms with Crippen LogP contribution in [0, 0.1) is 0 Å². The third-order valence-electron chi connectivity index (χ3n) is 4.29. The zero-order valence-electron chi connectivity index (χ0n) is 12.6. The number of rotatable bonds is 5. The molecule has 1 aromatic heterocycles. The first-order chi connectivity index (χ1) is 10.3. The van der Waals surface area contributed by atoms with Crippen LogP contribution in [0.1, 0.15) is 36.3 Å². The Labute approximate surface area is 125 Å². The van der Waals surface area contributed by atoms with Crippen molar-refractivity contribution in [3.63, 3.8) is 0 Å². The summed E-state index contributed by atoms with van der Waals surface area (Å²) >= 11 is 0. The van der Waals surface area contributed by atoms with Gasteiger partial charge < -0.3 is 10.1 Å². The van der Waals surface area contributed by atoms with Gasteiger partial charge in [0.05, 0.1) is 17.7 Å². The van der Waals surface area contributed by atoms with E-state index in [0.29, 0.717) is 6.61 Å². The van der Waals surface area contributed by atoms with Crippen LogP contribution in [0.4, 0.5) is 5.82 Å². The number of nitrogens with zero attached hydrogens (tertiary/aromatic N) is 2. The third kappa shape index (κ3) is 2.51. The normalized spacial score (nSPS) is 16.3. The molecule has 1 N–H and O–H groups in total. The molecule has 1 aliphatic rings. The molecule has 0 spiro atoms. The minimum Gasteiger partial charge on any atom is -0.378 e. The van der Waals surface area contributed by atoms with Gasteiger partial charge in [-0.1, -0.05) is 36.8 Å². The average molecular weight is 283 g/mol. The highest BCUT2D eigenvalue weighted by Crippen LogP contribution is 2.47. The summed E-state index contributed by atoms with van der Waals surface area (Å²) in [5.74, 6) is 1.77. The predicted octanol–water partition coefficient (Wildman–Crippen LogP) is 3.13. The van der Waals surface area contributed by atoms with Crippen LogP contribution in [0.3, 0.4) is 0 Å². The highest BCUT2D eigenvalue weighted by molar-refractivity contribution is 5.41. The van der Waals surface area contributed by atoms with Gasteiger partial charge >= 0.3 is 0 Å². The van der Waals surface area contributed by atoms with E-state index in [0.717, 1.165) is 30.2 Å². The van der Waals surface area contributed by atoms with Gasteiger partial charge in [0.1, 0.15) is 11.6 Å². The summed E-state index contributed by atoms with van der Waals surface area (Å²) in [5.41, 5.74) is 2.21. The first kappa shape index (κ1) is 14.0. The Hall–Kier alpha value is -1.94. The average Bonchev–Trinajstić information content (AvgIpc) is 2.47. The van der Waals surface area contributed by atoms with Crippen molar-refractivity contribution in [2.45, 2.75) is 31.3 Å². The quantitative estimate of drug-likeness (QED) is 0.915. The van der Waals surface area contributed by atoms with Gasteiger partial charge in [-0.15, -0.1) is 0 Å². The SMILES string of the molecule is CNc1cc(COC)nc(C2(c3ccccc3)CCC2)n1. The molecule has 1 fully saturated rings. The van der Waals surface area contributed by atoms with E-state index >= 15 is 0 Å². The minimum atomic E-state index is -0.0311. The maximum atomic E-state index is 5.23. The summed E-state index contributed by atoms with van der Waals surface area (Å²) in [6.45, 7) is 0.509. The van der Waals surface area contributed by atoms with Crippen molar-refractivity contribution in [1.82, 2.24) is 9.97 Å². The van der Waals surface area contributed by atoms with Crippen LogP contribution >= 0.6 is 0 Å². The van der Waals surface area contributed by atoms with Crippen molar-refractivity contribution in [3.05, 3.63) is 53.5 Å². The minimum absolute atomic E-state index is 0.0311. The van der Waals surface area contributed by atoms with Crippen LogP contribution in [0.25, 0.3) is 0 Å². The molecule has 0 bridgehead atoms. The number of methoxy groups -OCH3 is 1. The monoisotopic (exact) mass is 283 g/mol. The molecule has 4 nitrogen and oxygen atoms in total. The maximum Gasteiger partial charge on any atom is 0.141 e. The van der Waals surface area contributed by atoms with Crippen molar-refractivity contribution in [3.8, 4) is 0 Å². The Morgan fingerprint density at radius 1 is 1.19 bits per heavy atom. The van der Waals surface area contributed by atoms with Crippen molar-refractivity contribution < 1.29 is 4.74 Å². The lowest BCUT2D eigenvalue weighted by Gasteiger charge is -2.41. The largest absolute Gasteiger partial charge is 0.378 e. The first-order valence-electron chi connectivity index (χ1n) is 7.39. The highest BCUT2D eigenvalue weighted by Gasteiger charge is 2.43. The summed E-state index contributed by atoms with van der Waals surface area (Å²) < 4.78 is 5.23. The second-order valence-corrected chi connectivity index (χ2v) is 5.55. The topological polar surface area (TPSA) is 47.0 Å². The second-order valence-electron chi connectivity index (χ2n) is 5.55. The predicted molar refractivity (Wildman–Crippen MR) is 83.4 cm³/mol. The van der Waals surface area contributed by atoms with E-state index in [1.807, 2.05) is 13.1 Å². The highest BCUT2D eigenvalue weighted by atomic mass is 16.5. The standard InChI is InChI=1S/C17H21N3O/c1-18-15-11-14(12-21-2)19-16(20-15)17(9-6-10-17)13-7-4-3-5-8-13/h3-5,7-8,11H,6,9-10,12H2,1-2H3,(H,18,19,20). The number of hydrogen-bond donors (Lipinski definition) is 1. The number of anilines is 1. The van der Waals surface area contributed by atoms with E-state index in [1.165, 1.54) is 12.0 Å². The molecule has 2 aromatic rings. The van der Waals surface area contributed by atoms with Crippen LogP contribution in [0.2, 0.25) is 0 Å². The number of benzene rings is 1. The molecule has 0 aliphatic heterocycles. The summed E-state index contributed by atoms with van der Waals surface area (Å²) in [5, 5.41) is 3.13. The fraction of sp³-hybridized carbons (Fsp3) is 0.412. The van der Waals surface area contributed by atoms with Gasteiger partial charge in [0, 0.05) is 20.2 Å². The van der Waals surface area contributed by atoms with Gasteiger partial charge in [-0.2, -0.15) is 0 Å². The zero-order chi connectivity index (χ0) is 14.7. The number of nitrogens with one attached hydrogen (secondary N) is 1. The Bertz CT molecular complexity index is 609. The van der Waals surface area contributed by atoms with Gasteiger partial charge in [0.15, 0.2) is 0 Å². The molecule has 110 valence electrons. The fourth-order valence-electron chi connectivity index (χ4n) is 2.99. The van der Waals surface area contributed by atoms with Crippen molar-refractivity contribution in [2.75, 3.05) is 19.5 Å². The van der Waals surface area contributed by atoms with Crippen LogP contribution in [0.5, 0.6) is 0 Å². The number of ether oxygens (including phenoxy) is 1. The molecule has 21 heavy (non-hydrogen) atoms. The van der Waals surface area contributed by atoms with E-state index < -0.39 is 0 Å². The van der Waals surface area contributed by atoms with Gasteiger partial charge in [0.25, 0.3) is 0 Å². The molecule has 3 rings (SSSR count). The van der Waals surface area contributed by atoms with E-state index in [2.05, 4.69) is 35.6 Å². The lowest BCUT2D eigenvalue weighted by molar-refractivity contribution is 0.180. The Morgan fingerprint density at radius 3 is 2.52 bits per heavy atom. The van der Waals surface area contributed by atoms with Crippen LogP contribution in [0.15, 0.2) is 36.4 Å². The second kappa shape index (κ2) is 5.82. The summed E-state index contributed by atoms with van der Waals surface area (Å²) in [4.78, 5) is 9.49. The Morgan fingerprint density at radius 2 is 1.95 bits per heavy atom. The molecule has 0 atom stereocenters. The Balaban J connectivity index is 2.06. The maximum absolute atomic E-state index is 5.23. The molecule has 0 radical (unpaired) electrons. The van der Waals surface area contributed by atoms with Crippen LogP contribution in [-0.2, 0) is 16.8 Å².